The van der Waals surface area contributed by atoms with Crippen LogP contribution in [0.1, 0.15) is 39.4 Å². The molecule has 1 unspecified atom stereocenters. The van der Waals surface area contributed by atoms with Gasteiger partial charge in [-0.25, -0.2) is 4.98 Å². The minimum atomic E-state index is -0.129. The van der Waals surface area contributed by atoms with E-state index in [4.69, 9.17) is 4.74 Å². The van der Waals surface area contributed by atoms with Gasteiger partial charge in [-0.2, -0.15) is 0 Å². The predicted octanol–water partition coefficient (Wildman–Crippen LogP) is 1.73. The third-order valence-electron chi connectivity index (χ3n) is 2.33. The first kappa shape index (κ1) is 13.7. The van der Waals surface area contributed by atoms with Gasteiger partial charge in [0.1, 0.15) is 11.6 Å². The molecule has 1 aromatic rings. The maximum Gasteiger partial charge on any atom is 0.252 e. The van der Waals surface area contributed by atoms with E-state index in [0.29, 0.717) is 24.8 Å². The fourth-order valence-corrected chi connectivity index (χ4v) is 1.43. The van der Waals surface area contributed by atoms with Crippen molar-refractivity contribution in [2.75, 3.05) is 18.5 Å². The van der Waals surface area contributed by atoms with Crippen LogP contribution in [0, 0.1) is 0 Å². The number of hydrogen-bond acceptors (Lipinski definition) is 4. The third kappa shape index (κ3) is 4.56. The average molecular weight is 239 g/mol. The molecule has 2 N–H and O–H groups in total. The third-order valence-corrected chi connectivity index (χ3v) is 2.33. The minimum Gasteiger partial charge on any atom is -0.377 e. The fourth-order valence-electron chi connectivity index (χ4n) is 1.43. The van der Waals surface area contributed by atoms with Crippen molar-refractivity contribution in [2.45, 2.75) is 39.7 Å². The zero-order chi connectivity index (χ0) is 12.8. The van der Waals surface area contributed by atoms with Crippen molar-refractivity contribution >= 4 is 5.82 Å². The average Bonchev–Trinajstić information content (AvgIpc) is 2.26. The number of anilines is 1. The molecular weight excluding hydrogens is 218 g/mol. The first-order valence-corrected chi connectivity index (χ1v) is 5.99. The number of nitrogens with zero attached hydrogens (tertiary/aromatic N) is 1. The molecule has 5 heteroatoms. The molecule has 0 aromatic carbocycles. The largest absolute Gasteiger partial charge is 0.377 e. The maximum absolute atomic E-state index is 11.4. The Bertz CT molecular complexity index is 401. The molecule has 0 radical (unpaired) electrons. The van der Waals surface area contributed by atoms with E-state index >= 15 is 0 Å². The number of aromatic nitrogens is 2. The molecule has 0 saturated heterocycles. The van der Waals surface area contributed by atoms with Crippen LogP contribution in [-0.2, 0) is 4.74 Å². The van der Waals surface area contributed by atoms with Crippen LogP contribution in [0.15, 0.2) is 10.9 Å². The summed E-state index contributed by atoms with van der Waals surface area (Å²) in [6, 6.07) is 1.46. The molecule has 1 atom stereocenters. The number of nitrogens with one attached hydrogen (secondary N) is 2. The Morgan fingerprint density at radius 2 is 2.18 bits per heavy atom. The van der Waals surface area contributed by atoms with Crippen molar-refractivity contribution < 1.29 is 4.74 Å². The first-order valence-electron chi connectivity index (χ1n) is 5.99. The van der Waals surface area contributed by atoms with E-state index in [2.05, 4.69) is 15.3 Å². The van der Waals surface area contributed by atoms with Crippen molar-refractivity contribution in [1.82, 2.24) is 9.97 Å². The highest BCUT2D eigenvalue weighted by Crippen LogP contribution is 2.09. The lowest BCUT2D eigenvalue weighted by Crippen LogP contribution is -2.22. The van der Waals surface area contributed by atoms with Gasteiger partial charge in [0.15, 0.2) is 0 Å². The Morgan fingerprint density at radius 3 is 2.76 bits per heavy atom. The second-order valence-corrected chi connectivity index (χ2v) is 4.32. The molecule has 0 amide bonds. The highest BCUT2D eigenvalue weighted by atomic mass is 16.5. The van der Waals surface area contributed by atoms with Crippen LogP contribution in [0.3, 0.4) is 0 Å². The highest BCUT2D eigenvalue weighted by molar-refractivity contribution is 5.33. The zero-order valence-corrected chi connectivity index (χ0v) is 10.9. The molecule has 0 saturated carbocycles. The Kier molecular flexibility index (Phi) is 5.15. The van der Waals surface area contributed by atoms with Crippen LogP contribution in [0.5, 0.6) is 0 Å². The second kappa shape index (κ2) is 6.39. The number of aromatic amines is 1. The standard InChI is InChI=1S/C12H21N3O2/c1-5-17-9(4)7-13-10-6-11(16)15-12(14-10)8(2)3/h6,8-9H,5,7H2,1-4H3,(H2,13,14,15,16). The van der Waals surface area contributed by atoms with Crippen LogP contribution >= 0.6 is 0 Å². The first-order chi connectivity index (χ1) is 8.02. The van der Waals surface area contributed by atoms with Gasteiger partial charge in [-0.15, -0.1) is 0 Å². The lowest BCUT2D eigenvalue weighted by Gasteiger charge is -2.13. The van der Waals surface area contributed by atoms with E-state index in [1.807, 2.05) is 27.7 Å². The van der Waals surface area contributed by atoms with Crippen LogP contribution in [0.25, 0.3) is 0 Å². The molecule has 17 heavy (non-hydrogen) atoms. The quantitative estimate of drug-likeness (QED) is 0.793. The Hall–Kier alpha value is -1.36. The van der Waals surface area contributed by atoms with Crippen molar-refractivity contribution in [3.8, 4) is 0 Å². The van der Waals surface area contributed by atoms with Gasteiger partial charge in [-0.1, -0.05) is 13.8 Å². The van der Waals surface area contributed by atoms with E-state index in [1.165, 1.54) is 6.07 Å². The Labute approximate surface area is 102 Å². The van der Waals surface area contributed by atoms with Gasteiger partial charge >= 0.3 is 0 Å². The van der Waals surface area contributed by atoms with E-state index in [1.54, 1.807) is 0 Å². The molecule has 0 spiro atoms. The van der Waals surface area contributed by atoms with Gasteiger partial charge in [0.05, 0.1) is 6.10 Å². The fraction of sp³-hybridized carbons (Fsp3) is 0.667. The number of hydrogen-bond donors (Lipinski definition) is 2. The monoisotopic (exact) mass is 239 g/mol. The molecule has 1 aromatic heterocycles. The van der Waals surface area contributed by atoms with Crippen LogP contribution in [-0.4, -0.2) is 29.2 Å². The van der Waals surface area contributed by atoms with Gasteiger partial charge in [0.25, 0.3) is 5.56 Å². The topological polar surface area (TPSA) is 67.0 Å². The summed E-state index contributed by atoms with van der Waals surface area (Å²) in [7, 11) is 0. The summed E-state index contributed by atoms with van der Waals surface area (Å²) in [6.45, 7) is 9.24. The summed E-state index contributed by atoms with van der Waals surface area (Å²) in [5, 5.41) is 3.11. The molecular formula is C12H21N3O2. The van der Waals surface area contributed by atoms with E-state index in [0.717, 1.165) is 0 Å². The summed E-state index contributed by atoms with van der Waals surface area (Å²) in [6.07, 6.45) is 0.101. The maximum atomic E-state index is 11.4. The summed E-state index contributed by atoms with van der Waals surface area (Å²) in [5.41, 5.74) is -0.129. The van der Waals surface area contributed by atoms with Gasteiger partial charge in [0, 0.05) is 25.1 Å². The molecule has 0 bridgehead atoms. The van der Waals surface area contributed by atoms with E-state index < -0.39 is 0 Å². The van der Waals surface area contributed by atoms with Gasteiger partial charge in [-0.05, 0) is 13.8 Å². The summed E-state index contributed by atoms with van der Waals surface area (Å²) in [5.74, 6) is 1.50. The summed E-state index contributed by atoms with van der Waals surface area (Å²) < 4.78 is 5.40. The molecule has 0 aliphatic heterocycles. The van der Waals surface area contributed by atoms with E-state index in [9.17, 15) is 4.79 Å². The number of H-pyrrole nitrogens is 1. The lowest BCUT2D eigenvalue weighted by atomic mass is 10.2. The van der Waals surface area contributed by atoms with Gasteiger partial charge in [-0.3, -0.25) is 4.79 Å². The van der Waals surface area contributed by atoms with E-state index in [-0.39, 0.29) is 17.6 Å². The zero-order valence-electron chi connectivity index (χ0n) is 10.9. The molecule has 1 heterocycles. The minimum absolute atomic E-state index is 0.101. The van der Waals surface area contributed by atoms with Crippen LogP contribution in [0.4, 0.5) is 5.82 Å². The normalized spacial score (nSPS) is 12.8. The molecule has 5 nitrogen and oxygen atoms in total. The highest BCUT2D eigenvalue weighted by Gasteiger charge is 2.06. The predicted molar refractivity (Wildman–Crippen MR) is 68.5 cm³/mol. The Balaban J connectivity index is 2.68. The van der Waals surface area contributed by atoms with Crippen molar-refractivity contribution in [3.63, 3.8) is 0 Å². The van der Waals surface area contributed by atoms with Crippen molar-refractivity contribution in [3.05, 3.63) is 22.2 Å². The molecule has 1 rings (SSSR count). The molecule has 0 aliphatic carbocycles. The molecule has 0 fully saturated rings. The number of ether oxygens (including phenoxy) is 1. The van der Waals surface area contributed by atoms with Crippen molar-refractivity contribution in [1.29, 1.82) is 0 Å². The summed E-state index contributed by atoms with van der Waals surface area (Å²) in [4.78, 5) is 18.5. The molecule has 96 valence electrons. The lowest BCUT2D eigenvalue weighted by molar-refractivity contribution is 0.0855. The number of rotatable bonds is 6. The smallest absolute Gasteiger partial charge is 0.252 e. The SMILES string of the molecule is CCOC(C)CNc1cc(=O)[nH]c(C(C)C)n1. The van der Waals surface area contributed by atoms with Gasteiger partial charge in [0.2, 0.25) is 0 Å². The van der Waals surface area contributed by atoms with Gasteiger partial charge < -0.3 is 15.0 Å². The molecule has 0 aliphatic rings. The van der Waals surface area contributed by atoms with Crippen LogP contribution in [0.2, 0.25) is 0 Å². The second-order valence-electron chi connectivity index (χ2n) is 4.32. The van der Waals surface area contributed by atoms with Crippen molar-refractivity contribution in [2.24, 2.45) is 0 Å². The summed E-state index contributed by atoms with van der Waals surface area (Å²) >= 11 is 0. The Morgan fingerprint density at radius 1 is 1.47 bits per heavy atom. The van der Waals surface area contributed by atoms with Crippen LogP contribution < -0.4 is 10.9 Å².